The van der Waals surface area contributed by atoms with Crippen LogP contribution in [0.1, 0.15) is 16.6 Å². The number of carbonyl (C=O) groups excluding carboxylic acids is 3. The number of amides is 3. The van der Waals surface area contributed by atoms with Gasteiger partial charge in [-0.25, -0.2) is 0 Å². The first-order valence-electron chi connectivity index (χ1n) is 9.23. The van der Waals surface area contributed by atoms with Crippen molar-refractivity contribution in [3.63, 3.8) is 0 Å². The molecule has 2 heterocycles. The molecule has 1 aliphatic rings. The van der Waals surface area contributed by atoms with Gasteiger partial charge in [-0.05, 0) is 42.6 Å². The zero-order valence-electron chi connectivity index (χ0n) is 16.0. The Kier molecular flexibility index (Phi) is 7.11. The molecule has 7 nitrogen and oxygen atoms in total. The van der Waals surface area contributed by atoms with Crippen LogP contribution in [0.2, 0.25) is 5.02 Å². The van der Waals surface area contributed by atoms with Crippen LogP contribution in [-0.4, -0.2) is 66.3 Å². The molecule has 9 heteroatoms. The van der Waals surface area contributed by atoms with E-state index >= 15 is 0 Å². The molecule has 0 spiro atoms. The van der Waals surface area contributed by atoms with Gasteiger partial charge in [0.15, 0.2) is 6.61 Å². The molecule has 3 rings (SSSR count). The summed E-state index contributed by atoms with van der Waals surface area (Å²) < 4.78 is 5.49. The van der Waals surface area contributed by atoms with Gasteiger partial charge in [0.2, 0.25) is 5.91 Å². The summed E-state index contributed by atoms with van der Waals surface area (Å²) in [5, 5.41) is 5.14. The van der Waals surface area contributed by atoms with Crippen LogP contribution in [0.15, 0.2) is 41.8 Å². The highest BCUT2D eigenvalue weighted by Crippen LogP contribution is 2.16. The molecule has 29 heavy (non-hydrogen) atoms. The Morgan fingerprint density at radius 1 is 1.10 bits per heavy atom. The van der Waals surface area contributed by atoms with Gasteiger partial charge in [-0.1, -0.05) is 17.7 Å². The molecule has 0 radical (unpaired) electrons. The minimum Gasteiger partial charge on any atom is -0.484 e. The lowest BCUT2D eigenvalue weighted by Gasteiger charge is -2.36. The Labute approximate surface area is 178 Å². The average Bonchev–Trinajstić information content (AvgIpc) is 3.28. The molecule has 154 valence electrons. The molecular weight excluding hydrogens is 414 g/mol. The number of hydrogen-bond acceptors (Lipinski definition) is 5. The first-order chi connectivity index (χ1) is 13.9. The second-order valence-corrected chi connectivity index (χ2v) is 8.01. The van der Waals surface area contributed by atoms with Gasteiger partial charge in [0.05, 0.1) is 4.88 Å². The molecule has 1 saturated heterocycles. The van der Waals surface area contributed by atoms with Crippen LogP contribution in [0, 0.1) is 0 Å². The van der Waals surface area contributed by atoms with E-state index in [4.69, 9.17) is 16.3 Å². The molecule has 1 fully saturated rings. The first-order valence-corrected chi connectivity index (χ1v) is 10.5. The van der Waals surface area contributed by atoms with Crippen molar-refractivity contribution in [1.29, 1.82) is 0 Å². The summed E-state index contributed by atoms with van der Waals surface area (Å²) in [6.45, 7) is 3.31. The molecule has 1 atom stereocenters. The van der Waals surface area contributed by atoms with E-state index in [2.05, 4.69) is 5.32 Å². The highest BCUT2D eigenvalue weighted by atomic mass is 35.5. The third kappa shape index (κ3) is 5.71. The van der Waals surface area contributed by atoms with Crippen LogP contribution in [0.4, 0.5) is 0 Å². The summed E-state index contributed by atoms with van der Waals surface area (Å²) in [5.74, 6) is 0.0337. The molecule has 3 amide bonds. The van der Waals surface area contributed by atoms with Gasteiger partial charge in [0, 0.05) is 31.2 Å². The smallest absolute Gasteiger partial charge is 0.261 e. The largest absolute Gasteiger partial charge is 0.484 e. The van der Waals surface area contributed by atoms with E-state index in [0.29, 0.717) is 41.8 Å². The number of benzene rings is 1. The second-order valence-electron chi connectivity index (χ2n) is 6.62. The number of ether oxygens (including phenoxy) is 1. The first kappa shape index (κ1) is 21.1. The van der Waals surface area contributed by atoms with Crippen LogP contribution in [-0.2, 0) is 9.59 Å². The molecule has 0 bridgehead atoms. The van der Waals surface area contributed by atoms with E-state index in [1.165, 1.54) is 11.3 Å². The van der Waals surface area contributed by atoms with Crippen LogP contribution >= 0.6 is 22.9 Å². The summed E-state index contributed by atoms with van der Waals surface area (Å²) in [5.41, 5.74) is 0. The Hall–Kier alpha value is -2.58. The van der Waals surface area contributed by atoms with Crippen molar-refractivity contribution in [3.05, 3.63) is 51.7 Å². The fraction of sp³-hybridized carbons (Fsp3) is 0.350. The molecule has 0 saturated carbocycles. The third-order valence-electron chi connectivity index (χ3n) is 4.58. The molecular formula is C20H22ClN3O4S. The van der Waals surface area contributed by atoms with Crippen molar-refractivity contribution in [2.24, 2.45) is 0 Å². The fourth-order valence-electron chi connectivity index (χ4n) is 2.95. The highest BCUT2D eigenvalue weighted by Gasteiger charge is 2.28. The maximum Gasteiger partial charge on any atom is 0.261 e. The van der Waals surface area contributed by atoms with Gasteiger partial charge >= 0.3 is 0 Å². The summed E-state index contributed by atoms with van der Waals surface area (Å²) in [4.78, 5) is 41.0. The SMILES string of the molecule is C[C@H](NC(=O)c1cccs1)C(=O)N1CCN(C(=O)COc2ccc(Cl)cc2)CC1. The number of hydrogen-bond donors (Lipinski definition) is 1. The fourth-order valence-corrected chi connectivity index (χ4v) is 3.71. The van der Waals surface area contributed by atoms with E-state index in [9.17, 15) is 14.4 Å². The van der Waals surface area contributed by atoms with Crippen molar-refractivity contribution in [2.75, 3.05) is 32.8 Å². The summed E-state index contributed by atoms with van der Waals surface area (Å²) in [6.07, 6.45) is 0. The Bertz CT molecular complexity index is 849. The Morgan fingerprint density at radius 3 is 2.38 bits per heavy atom. The van der Waals surface area contributed by atoms with E-state index in [0.717, 1.165) is 0 Å². The topological polar surface area (TPSA) is 79.0 Å². The molecule has 1 aromatic heterocycles. The van der Waals surface area contributed by atoms with E-state index in [-0.39, 0.29) is 24.3 Å². The van der Waals surface area contributed by atoms with Crippen molar-refractivity contribution < 1.29 is 19.1 Å². The molecule has 0 aliphatic carbocycles. The van der Waals surface area contributed by atoms with Gasteiger partial charge in [0.25, 0.3) is 11.8 Å². The number of nitrogens with zero attached hydrogens (tertiary/aromatic N) is 2. The monoisotopic (exact) mass is 435 g/mol. The van der Waals surface area contributed by atoms with Gasteiger partial charge < -0.3 is 19.9 Å². The van der Waals surface area contributed by atoms with Crippen molar-refractivity contribution in [2.45, 2.75) is 13.0 Å². The predicted octanol–water partition coefficient (Wildman–Crippen LogP) is 2.27. The highest BCUT2D eigenvalue weighted by molar-refractivity contribution is 7.12. The summed E-state index contributed by atoms with van der Waals surface area (Å²) >= 11 is 7.15. The quantitative estimate of drug-likeness (QED) is 0.754. The summed E-state index contributed by atoms with van der Waals surface area (Å²) in [7, 11) is 0. The van der Waals surface area contributed by atoms with Gasteiger partial charge in [-0.3, -0.25) is 14.4 Å². The van der Waals surface area contributed by atoms with Crippen LogP contribution in [0.5, 0.6) is 5.75 Å². The lowest BCUT2D eigenvalue weighted by atomic mass is 10.2. The maximum atomic E-state index is 12.6. The zero-order valence-corrected chi connectivity index (χ0v) is 17.5. The number of piperazine rings is 1. The van der Waals surface area contributed by atoms with Crippen molar-refractivity contribution in [1.82, 2.24) is 15.1 Å². The van der Waals surface area contributed by atoms with Crippen LogP contribution in [0.25, 0.3) is 0 Å². The standard InChI is InChI=1S/C20H22ClN3O4S/c1-14(22-19(26)17-3-2-12-29-17)20(27)24-10-8-23(9-11-24)18(25)13-28-16-6-4-15(21)5-7-16/h2-7,12,14H,8-11,13H2,1H3,(H,22,26)/t14-/m0/s1. The number of thiophene rings is 1. The molecule has 1 aromatic carbocycles. The number of carbonyl (C=O) groups is 3. The van der Waals surface area contributed by atoms with Crippen molar-refractivity contribution >= 4 is 40.7 Å². The normalized spacial score (nSPS) is 15.0. The predicted molar refractivity (Wildman–Crippen MR) is 111 cm³/mol. The Morgan fingerprint density at radius 2 is 1.76 bits per heavy atom. The van der Waals surface area contributed by atoms with Gasteiger partial charge in [-0.2, -0.15) is 0 Å². The number of halogens is 1. The molecule has 0 unspecified atom stereocenters. The van der Waals surface area contributed by atoms with Crippen LogP contribution < -0.4 is 10.1 Å². The average molecular weight is 436 g/mol. The van der Waals surface area contributed by atoms with Crippen LogP contribution in [0.3, 0.4) is 0 Å². The molecule has 1 aliphatic heterocycles. The lowest BCUT2D eigenvalue weighted by molar-refractivity contribution is -0.141. The minimum atomic E-state index is -0.625. The molecule has 1 N–H and O–H groups in total. The van der Waals surface area contributed by atoms with E-state index < -0.39 is 6.04 Å². The van der Waals surface area contributed by atoms with E-state index in [1.807, 2.05) is 5.38 Å². The van der Waals surface area contributed by atoms with Gasteiger partial charge in [0.1, 0.15) is 11.8 Å². The van der Waals surface area contributed by atoms with E-state index in [1.54, 1.807) is 53.1 Å². The second kappa shape index (κ2) is 9.76. The number of nitrogens with one attached hydrogen (secondary N) is 1. The third-order valence-corrected chi connectivity index (χ3v) is 5.70. The van der Waals surface area contributed by atoms with Crippen molar-refractivity contribution in [3.8, 4) is 5.75 Å². The lowest BCUT2D eigenvalue weighted by Crippen LogP contribution is -2.55. The minimum absolute atomic E-state index is 0.0666. The Balaban J connectivity index is 1.42. The summed E-state index contributed by atoms with van der Waals surface area (Å²) in [6, 6.07) is 9.69. The maximum absolute atomic E-state index is 12.6. The number of rotatable bonds is 6. The molecule has 2 aromatic rings. The van der Waals surface area contributed by atoms with Gasteiger partial charge in [-0.15, -0.1) is 11.3 Å². The zero-order chi connectivity index (χ0) is 20.8.